The molecule has 0 aromatic carbocycles. The molecule has 0 unspecified atom stereocenters. The number of ether oxygens (including phenoxy) is 2. The smallest absolute Gasteiger partial charge is 0.407 e. The van der Waals surface area contributed by atoms with Crippen LogP contribution >= 0.6 is 0 Å². The molecule has 3 N–H and O–H groups in total. The monoisotopic (exact) mass is 422 g/mol. The molecule has 11 heteroatoms. The van der Waals surface area contributed by atoms with Crippen molar-refractivity contribution >= 4 is 17.8 Å². The van der Waals surface area contributed by atoms with Gasteiger partial charge in [-0.1, -0.05) is 0 Å². The lowest BCUT2D eigenvalue weighted by molar-refractivity contribution is 0.0593. The van der Waals surface area contributed by atoms with E-state index in [1.165, 1.54) is 4.68 Å². The van der Waals surface area contributed by atoms with Crippen LogP contribution in [0.5, 0.6) is 0 Å². The SMILES string of the molecule is COCc1cc(C(=O)Nc2cc([C@@H]3C[C@@H](F)[C@H](OC(=O)NC(C)C)C3)[nH]n2)n(C)n1. The number of carbonyl (C=O) groups excluding carboxylic acids is 2. The third-order valence-corrected chi connectivity index (χ3v) is 4.83. The summed E-state index contributed by atoms with van der Waals surface area (Å²) in [6, 6.07) is 3.22. The zero-order valence-electron chi connectivity index (χ0n) is 17.4. The number of halogens is 1. The van der Waals surface area contributed by atoms with Crippen molar-refractivity contribution in [2.45, 2.75) is 57.5 Å². The minimum Gasteiger partial charge on any atom is -0.443 e. The lowest BCUT2D eigenvalue weighted by Gasteiger charge is -2.16. The Bertz CT molecular complexity index is 895. The highest BCUT2D eigenvalue weighted by molar-refractivity contribution is 6.02. The Morgan fingerprint density at radius 1 is 1.37 bits per heavy atom. The summed E-state index contributed by atoms with van der Waals surface area (Å²) < 4.78 is 26.0. The first-order chi connectivity index (χ1) is 14.3. The van der Waals surface area contributed by atoms with E-state index in [1.807, 2.05) is 0 Å². The molecular weight excluding hydrogens is 395 g/mol. The van der Waals surface area contributed by atoms with Gasteiger partial charge in [0.05, 0.1) is 12.3 Å². The second kappa shape index (κ2) is 9.24. The van der Waals surface area contributed by atoms with E-state index < -0.39 is 18.4 Å². The second-order valence-corrected chi connectivity index (χ2v) is 7.67. The molecule has 0 spiro atoms. The van der Waals surface area contributed by atoms with Crippen LogP contribution in [0.15, 0.2) is 12.1 Å². The third-order valence-electron chi connectivity index (χ3n) is 4.83. The number of amides is 2. The molecule has 3 atom stereocenters. The molecule has 1 aliphatic rings. The van der Waals surface area contributed by atoms with Crippen molar-refractivity contribution in [1.29, 1.82) is 0 Å². The number of carbonyl (C=O) groups is 2. The largest absolute Gasteiger partial charge is 0.443 e. The second-order valence-electron chi connectivity index (χ2n) is 7.67. The molecule has 2 aromatic rings. The van der Waals surface area contributed by atoms with Crippen LogP contribution < -0.4 is 10.6 Å². The van der Waals surface area contributed by atoms with Crippen LogP contribution in [0.25, 0.3) is 0 Å². The molecule has 2 amide bonds. The van der Waals surface area contributed by atoms with Gasteiger partial charge in [0.25, 0.3) is 5.91 Å². The van der Waals surface area contributed by atoms with E-state index in [9.17, 15) is 14.0 Å². The van der Waals surface area contributed by atoms with Crippen LogP contribution in [0, 0.1) is 0 Å². The maximum atomic E-state index is 14.3. The minimum atomic E-state index is -1.26. The zero-order valence-corrected chi connectivity index (χ0v) is 17.4. The molecule has 1 saturated carbocycles. The summed E-state index contributed by atoms with van der Waals surface area (Å²) in [6.07, 6.45) is -2.16. The van der Waals surface area contributed by atoms with Crippen LogP contribution in [0.2, 0.25) is 0 Å². The van der Waals surface area contributed by atoms with Gasteiger partial charge in [0, 0.05) is 37.9 Å². The number of hydrogen-bond donors (Lipinski definition) is 3. The number of aromatic nitrogens is 4. The summed E-state index contributed by atoms with van der Waals surface area (Å²) in [5.41, 5.74) is 1.68. The number of H-pyrrole nitrogens is 1. The van der Waals surface area contributed by atoms with E-state index in [0.717, 1.165) is 0 Å². The van der Waals surface area contributed by atoms with Crippen molar-refractivity contribution in [3.05, 3.63) is 29.2 Å². The summed E-state index contributed by atoms with van der Waals surface area (Å²) in [5.74, 6) is -0.242. The Morgan fingerprint density at radius 2 is 2.13 bits per heavy atom. The highest BCUT2D eigenvalue weighted by atomic mass is 19.1. The van der Waals surface area contributed by atoms with Crippen LogP contribution in [0.4, 0.5) is 15.0 Å². The predicted octanol–water partition coefficient (Wildman–Crippen LogP) is 2.26. The number of aromatic amines is 1. The van der Waals surface area contributed by atoms with Gasteiger partial charge in [0.15, 0.2) is 5.82 Å². The molecule has 1 fully saturated rings. The summed E-state index contributed by atoms with van der Waals surface area (Å²) in [5, 5.41) is 16.4. The Labute approximate surface area is 173 Å². The molecule has 10 nitrogen and oxygen atoms in total. The van der Waals surface area contributed by atoms with Crippen molar-refractivity contribution in [2.75, 3.05) is 12.4 Å². The number of nitrogens with zero attached hydrogens (tertiary/aromatic N) is 3. The maximum absolute atomic E-state index is 14.3. The maximum Gasteiger partial charge on any atom is 0.407 e. The Hall–Kier alpha value is -2.95. The molecule has 0 aliphatic heterocycles. The molecule has 164 valence electrons. The molecule has 0 saturated heterocycles. The molecule has 30 heavy (non-hydrogen) atoms. The Balaban J connectivity index is 1.60. The van der Waals surface area contributed by atoms with Gasteiger partial charge in [-0.2, -0.15) is 10.2 Å². The molecule has 0 radical (unpaired) electrons. The van der Waals surface area contributed by atoms with Gasteiger partial charge in [-0.15, -0.1) is 0 Å². The first-order valence-electron chi connectivity index (χ1n) is 9.76. The van der Waals surface area contributed by atoms with Gasteiger partial charge in [-0.3, -0.25) is 14.6 Å². The summed E-state index contributed by atoms with van der Waals surface area (Å²) in [4.78, 5) is 24.3. The van der Waals surface area contributed by atoms with Gasteiger partial charge in [0.2, 0.25) is 0 Å². The fourth-order valence-electron chi connectivity index (χ4n) is 3.48. The highest BCUT2D eigenvalue weighted by Gasteiger charge is 2.38. The molecule has 1 aliphatic carbocycles. The van der Waals surface area contributed by atoms with Gasteiger partial charge >= 0.3 is 6.09 Å². The molecular formula is C19H27FN6O4. The van der Waals surface area contributed by atoms with Crippen LogP contribution in [0.3, 0.4) is 0 Å². The van der Waals surface area contributed by atoms with Crippen molar-refractivity contribution in [2.24, 2.45) is 7.05 Å². The molecule has 0 bridgehead atoms. The van der Waals surface area contributed by atoms with Crippen molar-refractivity contribution < 1.29 is 23.5 Å². The fourth-order valence-corrected chi connectivity index (χ4v) is 3.48. The molecule has 2 aromatic heterocycles. The first-order valence-corrected chi connectivity index (χ1v) is 9.76. The van der Waals surface area contributed by atoms with Gasteiger partial charge < -0.3 is 20.1 Å². The van der Waals surface area contributed by atoms with E-state index in [0.29, 0.717) is 35.9 Å². The van der Waals surface area contributed by atoms with Crippen molar-refractivity contribution in [1.82, 2.24) is 25.3 Å². The number of alkyl halides is 1. The van der Waals surface area contributed by atoms with E-state index in [1.54, 1.807) is 40.1 Å². The number of alkyl carbamates (subject to hydrolysis) is 1. The van der Waals surface area contributed by atoms with Gasteiger partial charge in [-0.25, -0.2) is 9.18 Å². The van der Waals surface area contributed by atoms with E-state index in [2.05, 4.69) is 25.9 Å². The minimum absolute atomic E-state index is 0.0865. The summed E-state index contributed by atoms with van der Waals surface area (Å²) in [7, 11) is 3.22. The predicted molar refractivity (Wildman–Crippen MR) is 106 cm³/mol. The standard InChI is InChI=1S/C19H27FN6O4/c1-10(2)21-19(28)30-16-6-11(5-13(16)20)14-8-17(24-23-14)22-18(27)15-7-12(9-29-4)25-26(15)3/h7-8,10-11,13,16H,5-6,9H2,1-4H3,(H,21,28)(H2,22,23,24,27)/t11-,13-,16-/m1/s1. The fraction of sp³-hybridized carbons (Fsp3) is 0.579. The average molecular weight is 422 g/mol. The Kier molecular flexibility index (Phi) is 6.70. The zero-order chi connectivity index (χ0) is 21.8. The Morgan fingerprint density at radius 3 is 2.83 bits per heavy atom. The van der Waals surface area contributed by atoms with E-state index in [4.69, 9.17) is 9.47 Å². The van der Waals surface area contributed by atoms with Gasteiger partial charge in [-0.05, 0) is 32.8 Å². The molecule has 3 rings (SSSR count). The lowest BCUT2D eigenvalue weighted by Crippen LogP contribution is -2.35. The number of nitrogens with one attached hydrogen (secondary N) is 3. The first kappa shape index (κ1) is 21.8. The van der Waals surface area contributed by atoms with Crippen LogP contribution in [-0.2, 0) is 23.1 Å². The van der Waals surface area contributed by atoms with Crippen LogP contribution in [-0.4, -0.2) is 57.4 Å². The lowest BCUT2D eigenvalue weighted by atomic mass is 10.0. The number of aryl methyl sites for hydroxylation is 1. The topological polar surface area (TPSA) is 123 Å². The quantitative estimate of drug-likeness (QED) is 0.629. The van der Waals surface area contributed by atoms with Crippen molar-refractivity contribution in [3.8, 4) is 0 Å². The number of rotatable bonds is 7. The number of hydrogen-bond acceptors (Lipinski definition) is 6. The van der Waals surface area contributed by atoms with Crippen LogP contribution in [0.1, 0.15) is 54.5 Å². The normalized spacial score (nSPS) is 21.1. The van der Waals surface area contributed by atoms with Gasteiger partial charge in [0.1, 0.15) is 18.0 Å². The average Bonchev–Trinajstić information content (AvgIpc) is 3.34. The summed E-state index contributed by atoms with van der Waals surface area (Å²) in [6.45, 7) is 3.91. The summed E-state index contributed by atoms with van der Waals surface area (Å²) >= 11 is 0. The number of methoxy groups -OCH3 is 1. The van der Waals surface area contributed by atoms with E-state index >= 15 is 0 Å². The molecule has 2 heterocycles. The number of anilines is 1. The highest BCUT2D eigenvalue weighted by Crippen LogP contribution is 2.37. The van der Waals surface area contributed by atoms with E-state index in [-0.39, 0.29) is 24.3 Å². The van der Waals surface area contributed by atoms with Crippen molar-refractivity contribution in [3.63, 3.8) is 0 Å². The third kappa shape index (κ3) is 5.15.